The van der Waals surface area contributed by atoms with Crippen LogP contribution in [0.3, 0.4) is 0 Å². The number of aromatic nitrogens is 2. The van der Waals surface area contributed by atoms with Crippen molar-refractivity contribution in [3.05, 3.63) is 62.9 Å². The molecule has 1 atom stereocenters. The third-order valence-electron chi connectivity index (χ3n) is 4.27. The Morgan fingerprint density at radius 1 is 1.29 bits per heavy atom. The largest absolute Gasteiger partial charge is 0.325 e. The van der Waals surface area contributed by atoms with Gasteiger partial charge in [0.15, 0.2) is 5.16 Å². The highest BCUT2D eigenvalue weighted by Crippen LogP contribution is 2.25. The minimum Gasteiger partial charge on any atom is -0.325 e. The molecule has 0 aliphatic carbocycles. The number of nitrogens with one attached hydrogen (secondary N) is 1. The number of carbonyl (C=O) groups is 1. The minimum atomic E-state index is -0.400. The van der Waals surface area contributed by atoms with Crippen molar-refractivity contribution in [2.24, 2.45) is 0 Å². The number of anilines is 1. The summed E-state index contributed by atoms with van der Waals surface area (Å²) >= 11 is 4.71. The molecule has 0 aliphatic rings. The summed E-state index contributed by atoms with van der Waals surface area (Å²) in [7, 11) is 0. The first kappa shape index (κ1) is 20.6. The molecule has 5 nitrogen and oxygen atoms in total. The Morgan fingerprint density at radius 2 is 2.07 bits per heavy atom. The summed E-state index contributed by atoms with van der Waals surface area (Å²) in [6.45, 7) is 6.38. The summed E-state index contributed by atoms with van der Waals surface area (Å²) in [6.07, 6.45) is 0.804. The first-order valence-corrected chi connectivity index (χ1v) is 10.8. The van der Waals surface area contributed by atoms with E-state index in [9.17, 15) is 9.59 Å². The highest BCUT2D eigenvalue weighted by molar-refractivity contribution is 9.10. The number of hydrogen-bond acceptors (Lipinski definition) is 4. The number of aryl methyl sites for hydroxylation is 1. The smallest absolute Gasteiger partial charge is 0.262 e. The van der Waals surface area contributed by atoms with Crippen LogP contribution in [-0.2, 0) is 11.3 Å². The molecule has 0 spiro atoms. The van der Waals surface area contributed by atoms with E-state index in [2.05, 4.69) is 26.2 Å². The zero-order valence-corrected chi connectivity index (χ0v) is 18.4. The van der Waals surface area contributed by atoms with E-state index in [1.807, 2.05) is 57.2 Å². The molecule has 0 bridgehead atoms. The van der Waals surface area contributed by atoms with Crippen LogP contribution in [-0.4, -0.2) is 20.7 Å². The van der Waals surface area contributed by atoms with Gasteiger partial charge in [-0.3, -0.25) is 14.2 Å². The molecule has 7 heteroatoms. The lowest BCUT2D eigenvalue weighted by molar-refractivity contribution is -0.115. The van der Waals surface area contributed by atoms with Crippen molar-refractivity contribution in [2.75, 3.05) is 5.32 Å². The van der Waals surface area contributed by atoms with Crippen LogP contribution in [0.1, 0.15) is 25.8 Å². The van der Waals surface area contributed by atoms with E-state index >= 15 is 0 Å². The van der Waals surface area contributed by atoms with E-state index in [1.54, 1.807) is 10.6 Å². The number of benzene rings is 2. The Hall–Kier alpha value is -2.12. The Balaban J connectivity index is 1.89. The molecule has 3 aromatic rings. The third-order valence-corrected chi connectivity index (χ3v) is 5.85. The van der Waals surface area contributed by atoms with Gasteiger partial charge in [0.05, 0.1) is 16.2 Å². The van der Waals surface area contributed by atoms with Crippen LogP contribution in [0.2, 0.25) is 0 Å². The normalized spacial score (nSPS) is 12.1. The quantitative estimate of drug-likeness (QED) is 0.416. The second kappa shape index (κ2) is 8.92. The van der Waals surface area contributed by atoms with Crippen molar-refractivity contribution >= 4 is 50.2 Å². The van der Waals surface area contributed by atoms with Gasteiger partial charge >= 0.3 is 0 Å². The zero-order chi connectivity index (χ0) is 20.3. The van der Waals surface area contributed by atoms with Crippen molar-refractivity contribution in [1.29, 1.82) is 0 Å². The molecular weight excluding hydrogens is 438 g/mol. The lowest BCUT2D eigenvalue weighted by atomic mass is 10.2. The van der Waals surface area contributed by atoms with Crippen LogP contribution >= 0.6 is 27.7 Å². The van der Waals surface area contributed by atoms with E-state index in [4.69, 9.17) is 0 Å². The number of hydrogen-bond donors (Lipinski definition) is 1. The molecule has 0 saturated heterocycles. The van der Waals surface area contributed by atoms with Gasteiger partial charge in [-0.1, -0.05) is 46.7 Å². The standard InChI is InChI=1S/C21H22BrN3O2S/c1-4-10-25-20(27)17-12-15(22)8-9-18(17)24-21(25)28-14(3)19(26)23-16-7-5-6-13(2)11-16/h5-9,11-12,14H,4,10H2,1-3H3,(H,23,26). The summed E-state index contributed by atoms with van der Waals surface area (Å²) in [5.41, 5.74) is 2.40. The van der Waals surface area contributed by atoms with Crippen molar-refractivity contribution in [3.8, 4) is 0 Å². The third kappa shape index (κ3) is 4.64. The van der Waals surface area contributed by atoms with Gasteiger partial charge in [-0.2, -0.15) is 0 Å². The van der Waals surface area contributed by atoms with Crippen LogP contribution in [0.25, 0.3) is 10.9 Å². The fourth-order valence-corrected chi connectivity index (χ4v) is 4.16. The first-order valence-electron chi connectivity index (χ1n) is 9.13. The Kier molecular flexibility index (Phi) is 6.57. The predicted octanol–water partition coefficient (Wildman–Crippen LogP) is 5.00. The summed E-state index contributed by atoms with van der Waals surface area (Å²) in [4.78, 5) is 30.3. The SMILES string of the molecule is CCCn1c(SC(C)C(=O)Nc2cccc(C)c2)nc2ccc(Br)cc2c1=O. The predicted molar refractivity (Wildman–Crippen MR) is 119 cm³/mol. The molecular formula is C21H22BrN3O2S. The maximum absolute atomic E-state index is 13.0. The molecule has 0 saturated carbocycles. The molecule has 2 aromatic carbocycles. The van der Waals surface area contributed by atoms with Gasteiger partial charge in [-0.05, 0) is 56.2 Å². The fraction of sp³-hybridized carbons (Fsp3) is 0.286. The van der Waals surface area contributed by atoms with Gasteiger partial charge in [-0.15, -0.1) is 0 Å². The number of fused-ring (bicyclic) bond motifs is 1. The van der Waals surface area contributed by atoms with E-state index in [0.29, 0.717) is 22.6 Å². The molecule has 0 fully saturated rings. The maximum atomic E-state index is 13.0. The van der Waals surface area contributed by atoms with Crippen LogP contribution < -0.4 is 10.9 Å². The van der Waals surface area contributed by atoms with Crippen LogP contribution in [0.15, 0.2) is 56.9 Å². The van der Waals surface area contributed by atoms with Gasteiger partial charge in [0.25, 0.3) is 5.56 Å². The average Bonchev–Trinajstić information content (AvgIpc) is 2.65. The van der Waals surface area contributed by atoms with Gasteiger partial charge in [0.2, 0.25) is 5.91 Å². The highest BCUT2D eigenvalue weighted by Gasteiger charge is 2.19. The second-order valence-electron chi connectivity index (χ2n) is 6.63. The van der Waals surface area contributed by atoms with Crippen molar-refractivity contribution < 1.29 is 4.79 Å². The summed E-state index contributed by atoms with van der Waals surface area (Å²) < 4.78 is 2.50. The molecule has 0 radical (unpaired) electrons. The topological polar surface area (TPSA) is 64.0 Å². The molecule has 1 aromatic heterocycles. The summed E-state index contributed by atoms with van der Waals surface area (Å²) in [5.74, 6) is -0.121. The molecule has 1 heterocycles. The number of amides is 1. The molecule has 28 heavy (non-hydrogen) atoms. The van der Waals surface area contributed by atoms with Crippen molar-refractivity contribution in [2.45, 2.75) is 44.1 Å². The number of thioether (sulfide) groups is 1. The number of carbonyl (C=O) groups excluding carboxylic acids is 1. The second-order valence-corrected chi connectivity index (χ2v) is 8.86. The summed E-state index contributed by atoms with van der Waals surface area (Å²) in [6, 6.07) is 13.1. The molecule has 1 amide bonds. The molecule has 1 N–H and O–H groups in total. The first-order chi connectivity index (χ1) is 13.4. The van der Waals surface area contributed by atoms with E-state index in [0.717, 1.165) is 22.1 Å². The molecule has 146 valence electrons. The van der Waals surface area contributed by atoms with E-state index in [1.165, 1.54) is 11.8 Å². The van der Waals surface area contributed by atoms with Crippen LogP contribution in [0, 0.1) is 6.92 Å². The van der Waals surface area contributed by atoms with E-state index in [-0.39, 0.29) is 11.5 Å². The van der Waals surface area contributed by atoms with Gasteiger partial charge in [0, 0.05) is 16.7 Å². The van der Waals surface area contributed by atoms with Crippen molar-refractivity contribution in [1.82, 2.24) is 9.55 Å². The lowest BCUT2D eigenvalue weighted by Gasteiger charge is -2.16. The zero-order valence-electron chi connectivity index (χ0n) is 16.0. The fourth-order valence-electron chi connectivity index (χ4n) is 2.86. The highest BCUT2D eigenvalue weighted by atomic mass is 79.9. The molecule has 3 rings (SSSR count). The Bertz CT molecular complexity index is 1080. The van der Waals surface area contributed by atoms with Crippen molar-refractivity contribution in [3.63, 3.8) is 0 Å². The number of halogens is 1. The maximum Gasteiger partial charge on any atom is 0.262 e. The van der Waals surface area contributed by atoms with Crippen LogP contribution in [0.4, 0.5) is 5.69 Å². The lowest BCUT2D eigenvalue weighted by Crippen LogP contribution is -2.27. The van der Waals surface area contributed by atoms with Gasteiger partial charge < -0.3 is 5.32 Å². The van der Waals surface area contributed by atoms with E-state index < -0.39 is 5.25 Å². The number of rotatable bonds is 6. The monoisotopic (exact) mass is 459 g/mol. The minimum absolute atomic E-state index is 0.0815. The van der Waals surface area contributed by atoms with Crippen LogP contribution in [0.5, 0.6) is 0 Å². The van der Waals surface area contributed by atoms with Gasteiger partial charge in [-0.25, -0.2) is 4.98 Å². The number of nitrogens with zero attached hydrogens (tertiary/aromatic N) is 2. The Labute approximate surface area is 176 Å². The molecule has 0 aliphatic heterocycles. The summed E-state index contributed by atoms with van der Waals surface area (Å²) in [5, 5.41) is 3.67. The Morgan fingerprint density at radius 3 is 2.79 bits per heavy atom. The molecule has 1 unspecified atom stereocenters. The van der Waals surface area contributed by atoms with Gasteiger partial charge in [0.1, 0.15) is 0 Å². The average molecular weight is 460 g/mol.